The van der Waals surface area contributed by atoms with Gasteiger partial charge in [-0.25, -0.2) is 8.42 Å². The van der Waals surface area contributed by atoms with E-state index < -0.39 is 10.0 Å². The molecule has 1 saturated heterocycles. The lowest BCUT2D eigenvalue weighted by Gasteiger charge is -2.33. The molecule has 2 aromatic rings. The van der Waals surface area contributed by atoms with Crippen molar-refractivity contribution >= 4 is 22.0 Å². The topological polar surface area (TPSA) is 87.2 Å². The molecule has 0 unspecified atom stereocenters. The number of ether oxygens (including phenoxy) is 1. The quantitative estimate of drug-likeness (QED) is 0.828. The molecule has 3 rings (SSSR count). The van der Waals surface area contributed by atoms with Crippen molar-refractivity contribution in [3.05, 3.63) is 65.1 Å². The van der Waals surface area contributed by atoms with Crippen molar-refractivity contribution in [2.45, 2.75) is 0 Å². The molecule has 1 aliphatic heterocycles. The Kier molecular flexibility index (Phi) is 6.01. The summed E-state index contributed by atoms with van der Waals surface area (Å²) in [5.41, 5.74) is 0.968. The molecule has 0 radical (unpaired) electrons. The van der Waals surface area contributed by atoms with E-state index in [1.54, 1.807) is 12.1 Å². The summed E-state index contributed by atoms with van der Waals surface area (Å²) in [5, 5.41) is 11.2. The van der Waals surface area contributed by atoms with Crippen molar-refractivity contribution in [2.75, 3.05) is 33.3 Å². The van der Waals surface area contributed by atoms with Gasteiger partial charge in [0.2, 0.25) is 10.0 Å². The molecule has 0 bridgehead atoms. The van der Waals surface area contributed by atoms with Gasteiger partial charge in [-0.3, -0.25) is 4.79 Å². The lowest BCUT2D eigenvalue weighted by atomic mass is 10.1. The second-order valence-electron chi connectivity index (χ2n) is 6.33. The molecule has 0 spiro atoms. The van der Waals surface area contributed by atoms with Gasteiger partial charge in [-0.15, -0.1) is 0 Å². The highest BCUT2D eigenvalue weighted by molar-refractivity contribution is 7.92. The predicted molar refractivity (Wildman–Crippen MR) is 107 cm³/mol. The number of carbonyl (C=O) groups is 1. The fourth-order valence-electron chi connectivity index (χ4n) is 2.95. The van der Waals surface area contributed by atoms with Crippen LogP contribution in [0.3, 0.4) is 0 Å². The summed E-state index contributed by atoms with van der Waals surface area (Å²) >= 11 is 0. The van der Waals surface area contributed by atoms with Crippen molar-refractivity contribution < 1.29 is 23.1 Å². The molecule has 8 heteroatoms. The summed E-state index contributed by atoms with van der Waals surface area (Å²) < 4.78 is 31.4. The number of rotatable bonds is 5. The highest BCUT2D eigenvalue weighted by Crippen LogP contribution is 2.25. The Morgan fingerprint density at radius 2 is 1.75 bits per heavy atom. The van der Waals surface area contributed by atoms with E-state index in [0.717, 1.165) is 5.56 Å². The van der Waals surface area contributed by atoms with Crippen LogP contribution in [0.4, 0.5) is 0 Å². The minimum atomic E-state index is -3.56. The summed E-state index contributed by atoms with van der Waals surface area (Å²) in [6, 6.07) is 13.7. The molecule has 7 nitrogen and oxygen atoms in total. The Labute approximate surface area is 164 Å². The van der Waals surface area contributed by atoms with Gasteiger partial charge in [0.05, 0.1) is 12.7 Å². The van der Waals surface area contributed by atoms with E-state index in [2.05, 4.69) is 0 Å². The molecule has 1 fully saturated rings. The second kappa shape index (κ2) is 8.45. The average molecular weight is 402 g/mol. The lowest BCUT2D eigenvalue weighted by molar-refractivity contribution is 0.0695. The van der Waals surface area contributed by atoms with Crippen molar-refractivity contribution in [1.29, 1.82) is 0 Å². The molecule has 148 valence electrons. The number of hydrogen-bond acceptors (Lipinski definition) is 5. The maximum absolute atomic E-state index is 12.6. The molecule has 1 heterocycles. The summed E-state index contributed by atoms with van der Waals surface area (Å²) in [6.07, 6.45) is 1.56. The van der Waals surface area contributed by atoms with Gasteiger partial charge >= 0.3 is 0 Å². The zero-order valence-corrected chi connectivity index (χ0v) is 16.3. The average Bonchev–Trinajstić information content (AvgIpc) is 2.72. The van der Waals surface area contributed by atoms with Gasteiger partial charge in [0, 0.05) is 37.7 Å². The first-order valence-electron chi connectivity index (χ1n) is 8.80. The third kappa shape index (κ3) is 4.52. The molecule has 28 heavy (non-hydrogen) atoms. The standard InChI is InChI=1S/C20H22N2O5S/c1-27-17-7-8-18(19(23)15-17)20(24)21-10-12-22(13-11-21)28(25,26)14-9-16-5-3-2-4-6-16/h2-9,14-15,23H,10-13H2,1H3/b14-9+. The van der Waals surface area contributed by atoms with Crippen LogP contribution >= 0.6 is 0 Å². The van der Waals surface area contributed by atoms with Gasteiger partial charge in [-0.1, -0.05) is 30.3 Å². The number of phenolic OH excluding ortho intramolecular Hbond substituents is 1. The maximum Gasteiger partial charge on any atom is 0.257 e. The zero-order chi connectivity index (χ0) is 20.1. The smallest absolute Gasteiger partial charge is 0.257 e. The summed E-state index contributed by atoms with van der Waals surface area (Å²) in [5.74, 6) is -0.0441. The SMILES string of the molecule is COc1ccc(C(=O)N2CCN(S(=O)(=O)/C=C/c3ccccc3)CC2)c(O)c1. The fourth-order valence-corrected chi connectivity index (χ4v) is 4.12. The number of benzene rings is 2. The normalized spacial score (nSPS) is 15.7. The number of hydrogen-bond donors (Lipinski definition) is 1. The van der Waals surface area contributed by atoms with Crippen LogP contribution in [0.25, 0.3) is 6.08 Å². The van der Waals surface area contributed by atoms with Gasteiger partial charge in [0.15, 0.2) is 0 Å². The molecule has 0 aliphatic carbocycles. The van der Waals surface area contributed by atoms with E-state index in [0.29, 0.717) is 5.75 Å². The van der Waals surface area contributed by atoms with Gasteiger partial charge < -0.3 is 14.7 Å². The van der Waals surface area contributed by atoms with E-state index >= 15 is 0 Å². The van der Waals surface area contributed by atoms with E-state index in [1.807, 2.05) is 30.3 Å². The van der Waals surface area contributed by atoms with Gasteiger partial charge in [-0.2, -0.15) is 4.31 Å². The maximum atomic E-state index is 12.6. The molecule has 2 aromatic carbocycles. The highest BCUT2D eigenvalue weighted by atomic mass is 32.2. The van der Waals surface area contributed by atoms with Crippen LogP contribution in [0.15, 0.2) is 53.9 Å². The monoisotopic (exact) mass is 402 g/mol. The molecule has 0 saturated carbocycles. The van der Waals surface area contributed by atoms with Crippen LogP contribution in [-0.2, 0) is 10.0 Å². The molecule has 0 atom stereocenters. The number of carbonyl (C=O) groups excluding carboxylic acids is 1. The second-order valence-corrected chi connectivity index (χ2v) is 8.15. The summed E-state index contributed by atoms with van der Waals surface area (Å²) in [7, 11) is -2.09. The van der Waals surface area contributed by atoms with Crippen LogP contribution in [0.1, 0.15) is 15.9 Å². The van der Waals surface area contributed by atoms with Crippen LogP contribution < -0.4 is 4.74 Å². The summed E-state index contributed by atoms with van der Waals surface area (Å²) in [4.78, 5) is 14.2. The molecular formula is C20H22N2O5S. The highest BCUT2D eigenvalue weighted by Gasteiger charge is 2.28. The van der Waals surface area contributed by atoms with Crippen LogP contribution in [-0.4, -0.2) is 61.9 Å². The van der Waals surface area contributed by atoms with Crippen LogP contribution in [0.2, 0.25) is 0 Å². The molecule has 1 N–H and O–H groups in total. The van der Waals surface area contributed by atoms with Gasteiger partial charge in [-0.05, 0) is 23.8 Å². The van der Waals surface area contributed by atoms with Crippen LogP contribution in [0.5, 0.6) is 11.5 Å². The Bertz CT molecular complexity index is 965. The van der Waals surface area contributed by atoms with Crippen molar-refractivity contribution in [2.24, 2.45) is 0 Å². The van der Waals surface area contributed by atoms with Crippen LogP contribution in [0, 0.1) is 0 Å². The Morgan fingerprint density at radius 3 is 2.36 bits per heavy atom. The van der Waals surface area contributed by atoms with E-state index in [-0.39, 0.29) is 43.4 Å². The molecule has 0 aromatic heterocycles. The Morgan fingerprint density at radius 1 is 1.07 bits per heavy atom. The van der Waals surface area contributed by atoms with Gasteiger partial charge in [0.1, 0.15) is 11.5 Å². The lowest BCUT2D eigenvalue weighted by Crippen LogP contribution is -2.50. The minimum Gasteiger partial charge on any atom is -0.507 e. The minimum absolute atomic E-state index is 0.162. The number of sulfonamides is 1. The zero-order valence-electron chi connectivity index (χ0n) is 15.5. The van der Waals surface area contributed by atoms with Crippen molar-refractivity contribution in [1.82, 2.24) is 9.21 Å². The van der Waals surface area contributed by atoms with E-state index in [1.165, 1.54) is 33.9 Å². The fraction of sp³-hybridized carbons (Fsp3) is 0.250. The van der Waals surface area contributed by atoms with E-state index in [4.69, 9.17) is 4.74 Å². The first-order chi connectivity index (χ1) is 13.4. The number of aromatic hydroxyl groups is 1. The number of piperazine rings is 1. The van der Waals surface area contributed by atoms with Gasteiger partial charge in [0.25, 0.3) is 5.91 Å². The predicted octanol–water partition coefficient (Wildman–Crippen LogP) is 2.16. The largest absolute Gasteiger partial charge is 0.507 e. The first-order valence-corrected chi connectivity index (χ1v) is 10.3. The molecule has 1 amide bonds. The number of phenols is 1. The van der Waals surface area contributed by atoms with Crippen molar-refractivity contribution in [3.63, 3.8) is 0 Å². The number of methoxy groups -OCH3 is 1. The first kappa shape index (κ1) is 19.9. The Hall–Kier alpha value is -2.84. The summed E-state index contributed by atoms with van der Waals surface area (Å²) in [6.45, 7) is 0.902. The third-order valence-corrected chi connectivity index (χ3v) is 6.12. The molecular weight excluding hydrogens is 380 g/mol. The number of amides is 1. The molecule has 1 aliphatic rings. The van der Waals surface area contributed by atoms with E-state index in [9.17, 15) is 18.3 Å². The van der Waals surface area contributed by atoms with Crippen molar-refractivity contribution in [3.8, 4) is 11.5 Å². The number of nitrogens with zero attached hydrogens (tertiary/aromatic N) is 2. The third-order valence-electron chi connectivity index (χ3n) is 4.55. The Balaban J connectivity index is 1.63.